The number of nitrogens with zero attached hydrogens (tertiary/aromatic N) is 2. The maximum atomic E-state index is 12.7. The lowest BCUT2D eigenvalue weighted by Gasteiger charge is -2.24. The van der Waals surface area contributed by atoms with Gasteiger partial charge in [0.1, 0.15) is 0 Å². The lowest BCUT2D eigenvalue weighted by atomic mass is 10.0. The second kappa shape index (κ2) is 5.78. The topological polar surface area (TPSA) is 43.8 Å². The van der Waals surface area contributed by atoms with Crippen LogP contribution in [0, 0.1) is 12.8 Å². The molecule has 0 bridgehead atoms. The summed E-state index contributed by atoms with van der Waals surface area (Å²) in [7, 11) is 0. The number of aliphatic hydroxyl groups excluding tert-OH is 1. The van der Waals surface area contributed by atoms with Crippen LogP contribution in [-0.2, 0) is 4.79 Å². The lowest BCUT2D eigenvalue weighted by molar-refractivity contribution is -0.121. The van der Waals surface area contributed by atoms with Crippen LogP contribution >= 0.6 is 0 Å². The molecule has 3 rings (SSSR count). The molecule has 2 fully saturated rings. The van der Waals surface area contributed by atoms with E-state index in [-0.39, 0.29) is 18.1 Å². The molecule has 2 aliphatic heterocycles. The molecule has 3 atom stereocenters. The van der Waals surface area contributed by atoms with Crippen LogP contribution in [0.2, 0.25) is 0 Å². The van der Waals surface area contributed by atoms with Crippen LogP contribution in [0.3, 0.4) is 0 Å². The smallest absolute Gasteiger partial charge is 0.244 e. The highest BCUT2D eigenvalue weighted by atomic mass is 16.3. The fourth-order valence-corrected chi connectivity index (χ4v) is 3.48. The average molecular weight is 288 g/mol. The van der Waals surface area contributed by atoms with Crippen molar-refractivity contribution in [1.29, 1.82) is 0 Å². The number of benzene rings is 1. The highest BCUT2D eigenvalue weighted by Gasteiger charge is 2.40. The molecule has 0 aromatic heterocycles. The minimum absolute atomic E-state index is 0.00458. The fraction of sp³-hybridized carbons (Fsp3) is 0.588. The van der Waals surface area contributed by atoms with Gasteiger partial charge in [0.25, 0.3) is 0 Å². The van der Waals surface area contributed by atoms with Gasteiger partial charge in [-0.1, -0.05) is 17.7 Å². The van der Waals surface area contributed by atoms with Crippen molar-refractivity contribution in [3.05, 3.63) is 29.8 Å². The quantitative estimate of drug-likeness (QED) is 0.922. The molecule has 1 aromatic rings. The summed E-state index contributed by atoms with van der Waals surface area (Å²) < 4.78 is 0. The van der Waals surface area contributed by atoms with E-state index in [1.165, 1.54) is 5.56 Å². The predicted molar refractivity (Wildman–Crippen MR) is 83.3 cm³/mol. The first-order valence-electron chi connectivity index (χ1n) is 7.86. The van der Waals surface area contributed by atoms with Crippen LogP contribution in [-0.4, -0.2) is 47.7 Å². The summed E-state index contributed by atoms with van der Waals surface area (Å²) in [6.07, 6.45) is 1.60. The number of anilines is 1. The molecule has 0 spiro atoms. The van der Waals surface area contributed by atoms with Gasteiger partial charge in [0, 0.05) is 18.8 Å². The van der Waals surface area contributed by atoms with Gasteiger partial charge in [-0.3, -0.25) is 9.69 Å². The van der Waals surface area contributed by atoms with E-state index in [0.717, 1.165) is 38.2 Å². The number of likely N-dealkylation sites (tertiary alicyclic amines) is 1. The van der Waals surface area contributed by atoms with Crippen LogP contribution < -0.4 is 4.90 Å². The number of hydrogen-bond donors (Lipinski definition) is 1. The van der Waals surface area contributed by atoms with Crippen LogP contribution in [0.25, 0.3) is 0 Å². The number of carbonyl (C=O) groups excluding carboxylic acids is 1. The summed E-state index contributed by atoms with van der Waals surface area (Å²) in [5, 5.41) is 9.71. The molecule has 2 heterocycles. The van der Waals surface area contributed by atoms with Crippen LogP contribution in [0.15, 0.2) is 24.3 Å². The number of hydrogen-bond acceptors (Lipinski definition) is 3. The molecule has 114 valence electrons. The van der Waals surface area contributed by atoms with E-state index in [1.54, 1.807) is 0 Å². The van der Waals surface area contributed by atoms with Gasteiger partial charge in [-0.25, -0.2) is 0 Å². The first-order valence-corrected chi connectivity index (χ1v) is 7.86. The molecule has 3 unspecified atom stereocenters. The third-order valence-corrected chi connectivity index (χ3v) is 4.90. The molecule has 4 heteroatoms. The van der Waals surface area contributed by atoms with Gasteiger partial charge in [-0.05, 0) is 51.3 Å². The first-order chi connectivity index (χ1) is 10.1. The number of carbonyl (C=O) groups is 1. The highest BCUT2D eigenvalue weighted by molar-refractivity contribution is 5.99. The van der Waals surface area contributed by atoms with Gasteiger partial charge >= 0.3 is 0 Å². The maximum absolute atomic E-state index is 12.7. The standard InChI is InChI=1S/C17H24N2O2/c1-12-3-5-15(6-4-12)19-10-8-16(17(19)21)18-9-7-14(11-18)13(2)20/h3-6,13-14,16,20H,7-11H2,1-2H3. The zero-order chi connectivity index (χ0) is 15.0. The Labute approximate surface area is 126 Å². The largest absolute Gasteiger partial charge is 0.393 e. The van der Waals surface area contributed by atoms with Crippen LogP contribution in [0.5, 0.6) is 0 Å². The van der Waals surface area contributed by atoms with E-state index in [2.05, 4.69) is 24.0 Å². The molecule has 1 N–H and O–H groups in total. The molecule has 0 saturated carbocycles. The molecule has 2 saturated heterocycles. The summed E-state index contributed by atoms with van der Waals surface area (Å²) >= 11 is 0. The van der Waals surface area contributed by atoms with Gasteiger partial charge in [0.05, 0.1) is 12.1 Å². The Bertz CT molecular complexity index is 512. The Morgan fingerprint density at radius 2 is 1.90 bits per heavy atom. The van der Waals surface area contributed by atoms with Crippen molar-refractivity contribution in [3.8, 4) is 0 Å². The monoisotopic (exact) mass is 288 g/mol. The maximum Gasteiger partial charge on any atom is 0.244 e. The summed E-state index contributed by atoms with van der Waals surface area (Å²) in [4.78, 5) is 16.8. The van der Waals surface area contributed by atoms with Gasteiger partial charge in [-0.2, -0.15) is 0 Å². The van der Waals surface area contributed by atoms with Gasteiger partial charge in [-0.15, -0.1) is 0 Å². The van der Waals surface area contributed by atoms with Crippen molar-refractivity contribution in [1.82, 2.24) is 4.90 Å². The zero-order valence-electron chi connectivity index (χ0n) is 12.8. The molecule has 2 aliphatic rings. The highest BCUT2D eigenvalue weighted by Crippen LogP contribution is 2.29. The molecule has 4 nitrogen and oxygen atoms in total. The summed E-state index contributed by atoms with van der Waals surface area (Å²) in [5.41, 5.74) is 2.21. The van der Waals surface area contributed by atoms with Gasteiger partial charge < -0.3 is 10.0 Å². The van der Waals surface area contributed by atoms with Crippen molar-refractivity contribution >= 4 is 11.6 Å². The Balaban J connectivity index is 1.68. The molecule has 1 aromatic carbocycles. The Morgan fingerprint density at radius 1 is 1.19 bits per heavy atom. The minimum Gasteiger partial charge on any atom is -0.393 e. The Hall–Kier alpha value is -1.39. The van der Waals surface area contributed by atoms with Gasteiger partial charge in [0.2, 0.25) is 5.91 Å². The van der Waals surface area contributed by atoms with E-state index in [4.69, 9.17) is 0 Å². The average Bonchev–Trinajstić information content (AvgIpc) is 3.06. The summed E-state index contributed by atoms with van der Waals surface area (Å²) in [6, 6.07) is 8.15. The van der Waals surface area contributed by atoms with E-state index in [0.29, 0.717) is 5.92 Å². The SMILES string of the molecule is Cc1ccc(N2CCC(N3CCC(C(C)O)C3)C2=O)cc1. The van der Waals surface area contributed by atoms with E-state index in [1.807, 2.05) is 24.0 Å². The van der Waals surface area contributed by atoms with Crippen LogP contribution in [0.1, 0.15) is 25.3 Å². The van der Waals surface area contributed by atoms with Crippen LogP contribution in [0.4, 0.5) is 5.69 Å². The molecular formula is C17H24N2O2. The van der Waals surface area contributed by atoms with E-state index in [9.17, 15) is 9.90 Å². The van der Waals surface area contributed by atoms with E-state index >= 15 is 0 Å². The second-order valence-corrected chi connectivity index (χ2v) is 6.41. The van der Waals surface area contributed by atoms with Crippen molar-refractivity contribution in [2.24, 2.45) is 5.92 Å². The molecule has 0 radical (unpaired) electrons. The number of rotatable bonds is 3. The first kappa shape index (κ1) is 14.5. The third-order valence-electron chi connectivity index (χ3n) is 4.90. The summed E-state index contributed by atoms with van der Waals surface area (Å²) in [6.45, 7) is 6.47. The van der Waals surface area contributed by atoms with E-state index < -0.39 is 0 Å². The number of amides is 1. The Morgan fingerprint density at radius 3 is 2.52 bits per heavy atom. The summed E-state index contributed by atoms with van der Waals surface area (Å²) in [5.74, 6) is 0.524. The number of aryl methyl sites for hydroxylation is 1. The second-order valence-electron chi connectivity index (χ2n) is 6.41. The minimum atomic E-state index is -0.278. The Kier molecular flexibility index (Phi) is 4.00. The normalized spacial score (nSPS) is 28.3. The molecule has 0 aliphatic carbocycles. The van der Waals surface area contributed by atoms with Gasteiger partial charge in [0.15, 0.2) is 0 Å². The predicted octanol–water partition coefficient (Wildman–Crippen LogP) is 1.80. The van der Waals surface area contributed by atoms with Crippen molar-refractivity contribution in [2.75, 3.05) is 24.5 Å². The lowest BCUT2D eigenvalue weighted by Crippen LogP contribution is -2.41. The molecular weight excluding hydrogens is 264 g/mol. The molecule has 21 heavy (non-hydrogen) atoms. The number of aliphatic hydroxyl groups is 1. The molecule has 1 amide bonds. The fourth-order valence-electron chi connectivity index (χ4n) is 3.48. The van der Waals surface area contributed by atoms with Crippen molar-refractivity contribution < 1.29 is 9.90 Å². The van der Waals surface area contributed by atoms with Crippen molar-refractivity contribution in [2.45, 2.75) is 38.8 Å². The zero-order valence-corrected chi connectivity index (χ0v) is 12.8. The van der Waals surface area contributed by atoms with Crippen molar-refractivity contribution in [3.63, 3.8) is 0 Å². The third kappa shape index (κ3) is 2.83.